The van der Waals surface area contributed by atoms with E-state index < -0.39 is 7.60 Å². The molecule has 68 valence electrons. The monoisotopic (exact) mass is 189 g/mol. The molecule has 1 fully saturated rings. The van der Waals surface area contributed by atoms with E-state index in [-0.39, 0.29) is 18.0 Å². The Morgan fingerprint density at radius 1 is 1.50 bits per heavy atom. The zero-order valence-electron chi connectivity index (χ0n) is 6.73. The molecule has 4 nitrogen and oxygen atoms in total. The zero-order chi connectivity index (χ0) is 9.24. The van der Waals surface area contributed by atoms with Crippen LogP contribution in [0.25, 0.3) is 0 Å². The second-order valence-corrected chi connectivity index (χ2v) is 5.16. The Labute approximate surface area is 71.4 Å². The third-order valence-electron chi connectivity index (χ3n) is 2.41. The third-order valence-corrected chi connectivity index (χ3v) is 3.49. The van der Waals surface area contributed by atoms with Gasteiger partial charge in [-0.05, 0) is 18.3 Å². The first kappa shape index (κ1) is 9.73. The van der Waals surface area contributed by atoms with Crippen LogP contribution < -0.4 is 0 Å². The summed E-state index contributed by atoms with van der Waals surface area (Å²) < 4.78 is 10.7. The highest BCUT2D eigenvalue weighted by atomic mass is 31.2. The molecule has 0 atom stereocenters. The van der Waals surface area contributed by atoms with Gasteiger partial charge in [-0.1, -0.05) is 6.42 Å². The van der Waals surface area contributed by atoms with Gasteiger partial charge in [-0.15, -0.1) is 0 Å². The van der Waals surface area contributed by atoms with Crippen molar-refractivity contribution in [3.63, 3.8) is 0 Å². The topological polar surface area (TPSA) is 81.3 Å². The van der Waals surface area contributed by atoms with Gasteiger partial charge in [-0.3, -0.25) is 4.57 Å². The van der Waals surface area contributed by atoms with E-state index in [9.17, 15) is 4.57 Å². The molecule has 0 aromatic heterocycles. The molecule has 1 aliphatic carbocycles. The molecule has 0 aliphatic heterocycles. The van der Waals surface area contributed by atoms with Gasteiger partial charge in [0.05, 0.1) is 12.2 Å². The molecular weight excluding hydrogens is 177 g/mol. The minimum Gasteiger partial charge on any atom is -0.324 e. The molecule has 0 aromatic carbocycles. The zero-order valence-corrected chi connectivity index (χ0v) is 7.63. The lowest BCUT2D eigenvalue weighted by molar-refractivity contribution is 0.161. The first-order valence-electron chi connectivity index (χ1n) is 3.89. The van der Waals surface area contributed by atoms with E-state index in [1.165, 1.54) is 0 Å². The molecule has 0 radical (unpaired) electrons. The van der Waals surface area contributed by atoms with Crippen molar-refractivity contribution in [3.05, 3.63) is 0 Å². The summed E-state index contributed by atoms with van der Waals surface area (Å²) in [6.45, 7) is 0. The number of nitrogens with zero attached hydrogens (tertiary/aromatic N) is 1. The summed E-state index contributed by atoms with van der Waals surface area (Å²) in [5.74, 6) is 0. The predicted octanol–water partition coefficient (Wildman–Crippen LogP) is 1.25. The Kier molecular flexibility index (Phi) is 2.58. The molecule has 1 aliphatic rings. The molecule has 0 heterocycles. The standard InChI is InChI=1S/C7H12NO3P/c8-5-4-7(2-1-3-7)6-12(9,10)11/h1-4,6H2,(H2,9,10,11). The average molecular weight is 189 g/mol. The maximum atomic E-state index is 10.7. The summed E-state index contributed by atoms with van der Waals surface area (Å²) in [6.07, 6.45) is 2.71. The molecule has 0 bridgehead atoms. The quantitative estimate of drug-likeness (QED) is 0.654. The van der Waals surface area contributed by atoms with Crippen LogP contribution in [-0.4, -0.2) is 15.9 Å². The summed E-state index contributed by atoms with van der Waals surface area (Å²) >= 11 is 0. The normalized spacial score (nSPS) is 21.1. The van der Waals surface area contributed by atoms with Crippen LogP contribution in [0.4, 0.5) is 0 Å². The molecule has 0 aromatic rings. The SMILES string of the molecule is N#CCC1(CP(=O)(O)O)CCC1. The Morgan fingerprint density at radius 2 is 2.08 bits per heavy atom. The Balaban J connectivity index is 2.58. The van der Waals surface area contributed by atoms with Crippen molar-refractivity contribution >= 4 is 7.60 Å². The highest BCUT2D eigenvalue weighted by Crippen LogP contribution is 2.53. The Morgan fingerprint density at radius 3 is 2.33 bits per heavy atom. The first-order valence-corrected chi connectivity index (χ1v) is 5.69. The van der Waals surface area contributed by atoms with Gasteiger partial charge in [0.25, 0.3) is 0 Å². The van der Waals surface area contributed by atoms with Crippen LogP contribution in [0.1, 0.15) is 25.7 Å². The van der Waals surface area contributed by atoms with Crippen LogP contribution in [0.2, 0.25) is 0 Å². The molecule has 2 N–H and O–H groups in total. The Hall–Kier alpha value is -0.360. The van der Waals surface area contributed by atoms with E-state index in [0.29, 0.717) is 0 Å². The van der Waals surface area contributed by atoms with Gasteiger partial charge >= 0.3 is 7.60 Å². The van der Waals surface area contributed by atoms with E-state index in [0.717, 1.165) is 19.3 Å². The van der Waals surface area contributed by atoms with Crippen LogP contribution in [-0.2, 0) is 4.57 Å². The second-order valence-electron chi connectivity index (χ2n) is 3.51. The van der Waals surface area contributed by atoms with Crippen LogP contribution in [0.3, 0.4) is 0 Å². The van der Waals surface area contributed by atoms with E-state index in [1.54, 1.807) is 0 Å². The van der Waals surface area contributed by atoms with E-state index >= 15 is 0 Å². The van der Waals surface area contributed by atoms with Crippen molar-refractivity contribution in [1.29, 1.82) is 5.26 Å². The van der Waals surface area contributed by atoms with Crippen molar-refractivity contribution in [2.24, 2.45) is 5.41 Å². The van der Waals surface area contributed by atoms with Gasteiger partial charge in [0, 0.05) is 6.42 Å². The molecule has 0 spiro atoms. The van der Waals surface area contributed by atoms with Crippen molar-refractivity contribution < 1.29 is 14.4 Å². The molecular formula is C7H12NO3P. The molecule has 1 rings (SSSR count). The number of rotatable bonds is 3. The average Bonchev–Trinajstić information content (AvgIpc) is 1.80. The molecule has 5 heteroatoms. The Bertz CT molecular complexity index is 248. The van der Waals surface area contributed by atoms with Crippen molar-refractivity contribution in [3.8, 4) is 6.07 Å². The van der Waals surface area contributed by atoms with Crippen molar-refractivity contribution in [2.45, 2.75) is 25.7 Å². The summed E-state index contributed by atoms with van der Waals surface area (Å²) in [6, 6.07) is 1.99. The summed E-state index contributed by atoms with van der Waals surface area (Å²) in [5.41, 5.74) is -0.367. The maximum Gasteiger partial charge on any atom is 0.326 e. The predicted molar refractivity (Wildman–Crippen MR) is 43.4 cm³/mol. The lowest BCUT2D eigenvalue weighted by Gasteiger charge is -2.39. The van der Waals surface area contributed by atoms with Crippen LogP contribution in [0.5, 0.6) is 0 Å². The summed E-state index contributed by atoms with van der Waals surface area (Å²) in [5, 5.41) is 8.46. The molecule has 12 heavy (non-hydrogen) atoms. The lowest BCUT2D eigenvalue weighted by Crippen LogP contribution is -2.32. The fourth-order valence-corrected chi connectivity index (χ4v) is 2.97. The summed E-state index contributed by atoms with van der Waals surface area (Å²) in [7, 11) is -3.93. The van der Waals surface area contributed by atoms with E-state index in [2.05, 4.69) is 0 Å². The molecule has 1 saturated carbocycles. The minimum atomic E-state index is -3.93. The van der Waals surface area contributed by atoms with Gasteiger partial charge in [0.1, 0.15) is 0 Å². The van der Waals surface area contributed by atoms with Gasteiger partial charge in [0.2, 0.25) is 0 Å². The van der Waals surface area contributed by atoms with Gasteiger partial charge in [-0.2, -0.15) is 5.26 Å². The fourth-order valence-electron chi connectivity index (χ4n) is 1.67. The van der Waals surface area contributed by atoms with Crippen molar-refractivity contribution in [2.75, 3.05) is 6.16 Å². The van der Waals surface area contributed by atoms with Gasteiger partial charge in [-0.25, -0.2) is 0 Å². The largest absolute Gasteiger partial charge is 0.326 e. The lowest BCUT2D eigenvalue weighted by atomic mass is 9.68. The third kappa shape index (κ3) is 2.31. The minimum absolute atomic E-state index is 0.118. The van der Waals surface area contributed by atoms with Crippen LogP contribution >= 0.6 is 7.60 Å². The van der Waals surface area contributed by atoms with E-state index in [1.807, 2.05) is 6.07 Å². The smallest absolute Gasteiger partial charge is 0.324 e. The number of hydrogen-bond donors (Lipinski definition) is 2. The number of hydrogen-bond acceptors (Lipinski definition) is 2. The molecule has 0 amide bonds. The highest BCUT2D eigenvalue weighted by Gasteiger charge is 2.41. The maximum absolute atomic E-state index is 10.7. The first-order chi connectivity index (χ1) is 5.47. The fraction of sp³-hybridized carbons (Fsp3) is 0.857. The van der Waals surface area contributed by atoms with Gasteiger partial charge in [0.15, 0.2) is 0 Å². The van der Waals surface area contributed by atoms with E-state index in [4.69, 9.17) is 15.0 Å². The number of nitriles is 1. The highest BCUT2D eigenvalue weighted by molar-refractivity contribution is 7.51. The van der Waals surface area contributed by atoms with Crippen molar-refractivity contribution in [1.82, 2.24) is 0 Å². The van der Waals surface area contributed by atoms with Gasteiger partial charge < -0.3 is 9.79 Å². The second kappa shape index (κ2) is 3.18. The molecule has 0 saturated heterocycles. The van der Waals surface area contributed by atoms with Crippen LogP contribution in [0.15, 0.2) is 0 Å². The molecule has 0 unspecified atom stereocenters. The summed E-state index contributed by atoms with van der Waals surface area (Å²) in [4.78, 5) is 17.5. The van der Waals surface area contributed by atoms with Crippen LogP contribution in [0, 0.1) is 16.7 Å².